The molecule has 0 aliphatic rings. The molecule has 2 nitrogen and oxygen atoms in total. The van der Waals surface area contributed by atoms with Gasteiger partial charge in [0.1, 0.15) is 0 Å². The maximum absolute atomic E-state index is 12.0. The van der Waals surface area contributed by atoms with Crippen molar-refractivity contribution in [3.05, 3.63) is 35.9 Å². The molecule has 1 rings (SSSR count). The predicted molar refractivity (Wildman–Crippen MR) is 75.2 cm³/mol. The van der Waals surface area contributed by atoms with Gasteiger partial charge in [-0.05, 0) is 25.3 Å². The minimum absolute atomic E-state index is 0.0139. The van der Waals surface area contributed by atoms with E-state index in [1.54, 1.807) is 0 Å². The number of carbonyl (C=O) groups excluding carboxylic acids is 1. The van der Waals surface area contributed by atoms with E-state index < -0.39 is 4.32 Å². The first kappa shape index (κ1) is 14.2. The normalized spacial score (nSPS) is 13.5. The maximum atomic E-state index is 12.0. The molecule has 17 heavy (non-hydrogen) atoms. The first-order valence-electron chi connectivity index (χ1n) is 5.87. The van der Waals surface area contributed by atoms with Gasteiger partial charge in [0.05, 0.1) is 10.4 Å². The number of hydrogen-bond donors (Lipinski definition) is 1. The van der Waals surface area contributed by atoms with Crippen LogP contribution in [-0.4, -0.2) is 10.2 Å². The van der Waals surface area contributed by atoms with Gasteiger partial charge in [-0.1, -0.05) is 60.1 Å². The second-order valence-corrected chi connectivity index (χ2v) is 7.06. The first-order valence-corrected chi connectivity index (χ1v) is 6.66. The molecule has 0 saturated carbocycles. The summed E-state index contributed by atoms with van der Waals surface area (Å²) in [5.74, 6) is 0.372. The fourth-order valence-electron chi connectivity index (χ4n) is 1.61. The lowest BCUT2D eigenvalue weighted by molar-refractivity contribution is -0.123. The fourth-order valence-corrected chi connectivity index (χ4v) is 1.72. The van der Waals surface area contributed by atoms with E-state index in [2.05, 4.69) is 35.1 Å². The minimum Gasteiger partial charge on any atom is -0.348 e. The van der Waals surface area contributed by atoms with Crippen LogP contribution in [0.4, 0.5) is 0 Å². The third-order valence-corrected chi connectivity index (χ3v) is 3.01. The molecule has 0 heterocycles. The summed E-state index contributed by atoms with van der Waals surface area (Å²) < 4.78 is -0.533. The number of hydrogen-bond acceptors (Lipinski definition) is 1. The number of carbonyl (C=O) groups is 1. The van der Waals surface area contributed by atoms with Gasteiger partial charge in [0, 0.05) is 0 Å². The molecule has 0 radical (unpaired) electrons. The molecule has 1 atom stereocenters. The standard InChI is InChI=1S/C14H20BrNO/c1-10(2)12(11-8-6-5-7-9-11)16-13(17)14(3,4)15/h5-10,12H,1-4H3,(H,16,17). The van der Waals surface area contributed by atoms with Crippen LogP contribution in [0.3, 0.4) is 0 Å². The average Bonchev–Trinajstić information content (AvgIpc) is 2.25. The monoisotopic (exact) mass is 297 g/mol. The Kier molecular flexibility index (Phi) is 4.75. The Balaban J connectivity index is 2.86. The topological polar surface area (TPSA) is 29.1 Å². The van der Waals surface area contributed by atoms with E-state index in [9.17, 15) is 4.79 Å². The quantitative estimate of drug-likeness (QED) is 0.844. The molecule has 3 heteroatoms. The molecule has 0 aliphatic carbocycles. The van der Waals surface area contributed by atoms with E-state index in [0.29, 0.717) is 5.92 Å². The van der Waals surface area contributed by atoms with Crippen molar-refractivity contribution in [3.8, 4) is 0 Å². The molecular weight excluding hydrogens is 278 g/mol. The zero-order chi connectivity index (χ0) is 13.1. The van der Waals surface area contributed by atoms with E-state index in [1.165, 1.54) is 0 Å². The lowest BCUT2D eigenvalue weighted by Gasteiger charge is -2.26. The van der Waals surface area contributed by atoms with Crippen molar-refractivity contribution in [2.45, 2.75) is 38.1 Å². The van der Waals surface area contributed by atoms with Crippen LogP contribution in [0.5, 0.6) is 0 Å². The first-order chi connectivity index (χ1) is 7.82. The second kappa shape index (κ2) is 5.67. The highest BCUT2D eigenvalue weighted by Crippen LogP contribution is 2.24. The summed E-state index contributed by atoms with van der Waals surface area (Å²) in [4.78, 5) is 12.0. The van der Waals surface area contributed by atoms with E-state index >= 15 is 0 Å². The molecule has 0 aliphatic heterocycles. The SMILES string of the molecule is CC(C)C(NC(=O)C(C)(C)Br)c1ccccc1. The molecule has 0 saturated heterocycles. The maximum Gasteiger partial charge on any atom is 0.236 e. The van der Waals surface area contributed by atoms with E-state index in [-0.39, 0.29) is 11.9 Å². The molecule has 1 aromatic rings. The van der Waals surface area contributed by atoms with Gasteiger partial charge in [0.2, 0.25) is 5.91 Å². The van der Waals surface area contributed by atoms with E-state index in [0.717, 1.165) is 5.56 Å². The molecule has 1 N–H and O–H groups in total. The summed E-state index contributed by atoms with van der Waals surface area (Å²) in [6, 6.07) is 10.1. The third-order valence-electron chi connectivity index (χ3n) is 2.65. The van der Waals surface area contributed by atoms with Crippen LogP contribution in [0.15, 0.2) is 30.3 Å². The van der Waals surface area contributed by atoms with E-state index in [1.807, 2.05) is 44.2 Å². The van der Waals surface area contributed by atoms with Gasteiger partial charge < -0.3 is 5.32 Å². The summed E-state index contributed by atoms with van der Waals surface area (Å²) in [6.07, 6.45) is 0. The number of alkyl halides is 1. The molecule has 1 aromatic carbocycles. The van der Waals surface area contributed by atoms with Crippen molar-refractivity contribution < 1.29 is 4.79 Å². The van der Waals surface area contributed by atoms with Crippen molar-refractivity contribution in [1.29, 1.82) is 0 Å². The second-order valence-electron chi connectivity index (χ2n) is 5.08. The minimum atomic E-state index is -0.533. The Morgan fingerprint density at radius 1 is 1.24 bits per heavy atom. The fraction of sp³-hybridized carbons (Fsp3) is 0.500. The van der Waals surface area contributed by atoms with Crippen molar-refractivity contribution in [2.24, 2.45) is 5.92 Å². The van der Waals surface area contributed by atoms with Crippen LogP contribution in [0, 0.1) is 5.92 Å². The van der Waals surface area contributed by atoms with Crippen molar-refractivity contribution >= 4 is 21.8 Å². The van der Waals surface area contributed by atoms with Gasteiger partial charge >= 0.3 is 0 Å². The molecule has 0 aromatic heterocycles. The van der Waals surface area contributed by atoms with Gasteiger partial charge in [0.15, 0.2) is 0 Å². The Bertz CT molecular complexity index is 368. The average molecular weight is 298 g/mol. The number of halogens is 1. The van der Waals surface area contributed by atoms with Gasteiger partial charge in [-0.2, -0.15) is 0 Å². The highest BCUT2D eigenvalue weighted by atomic mass is 79.9. The Hall–Kier alpha value is -0.830. The smallest absolute Gasteiger partial charge is 0.236 e. The predicted octanol–water partition coefficient (Wildman–Crippen LogP) is 3.67. The molecule has 0 bridgehead atoms. The third kappa shape index (κ3) is 4.15. The van der Waals surface area contributed by atoms with Crippen molar-refractivity contribution in [2.75, 3.05) is 0 Å². The number of benzene rings is 1. The molecule has 0 fully saturated rings. The van der Waals surface area contributed by atoms with Crippen molar-refractivity contribution in [3.63, 3.8) is 0 Å². The van der Waals surface area contributed by atoms with E-state index in [4.69, 9.17) is 0 Å². The Morgan fingerprint density at radius 2 is 1.76 bits per heavy atom. The summed E-state index contributed by atoms with van der Waals surface area (Å²) in [5.41, 5.74) is 1.15. The largest absolute Gasteiger partial charge is 0.348 e. The number of nitrogens with one attached hydrogen (secondary N) is 1. The molecular formula is C14H20BrNO. The lowest BCUT2D eigenvalue weighted by Crippen LogP contribution is -2.41. The summed E-state index contributed by atoms with van der Waals surface area (Å²) in [7, 11) is 0. The van der Waals surface area contributed by atoms with Crippen LogP contribution in [0.25, 0.3) is 0 Å². The van der Waals surface area contributed by atoms with Gasteiger partial charge in [-0.3, -0.25) is 4.79 Å². The molecule has 0 spiro atoms. The zero-order valence-corrected chi connectivity index (χ0v) is 12.4. The van der Waals surface area contributed by atoms with Crippen LogP contribution in [0.1, 0.15) is 39.3 Å². The van der Waals surface area contributed by atoms with Gasteiger partial charge in [0.25, 0.3) is 0 Å². The van der Waals surface area contributed by atoms with Crippen LogP contribution >= 0.6 is 15.9 Å². The molecule has 1 amide bonds. The summed E-state index contributed by atoms with van der Waals surface area (Å²) in [6.45, 7) is 7.92. The van der Waals surface area contributed by atoms with Crippen LogP contribution in [0.2, 0.25) is 0 Å². The Morgan fingerprint density at radius 3 is 2.18 bits per heavy atom. The van der Waals surface area contributed by atoms with Gasteiger partial charge in [-0.25, -0.2) is 0 Å². The highest BCUT2D eigenvalue weighted by molar-refractivity contribution is 9.10. The molecule has 1 unspecified atom stereocenters. The van der Waals surface area contributed by atoms with Crippen molar-refractivity contribution in [1.82, 2.24) is 5.32 Å². The number of amides is 1. The summed E-state index contributed by atoms with van der Waals surface area (Å²) in [5, 5.41) is 3.09. The van der Waals surface area contributed by atoms with Crippen LogP contribution in [-0.2, 0) is 4.79 Å². The zero-order valence-electron chi connectivity index (χ0n) is 10.8. The highest BCUT2D eigenvalue weighted by Gasteiger charge is 2.27. The lowest BCUT2D eigenvalue weighted by atomic mass is 9.95. The number of rotatable bonds is 4. The van der Waals surface area contributed by atoms with Crippen LogP contribution < -0.4 is 5.32 Å². The molecule has 94 valence electrons. The van der Waals surface area contributed by atoms with Gasteiger partial charge in [-0.15, -0.1) is 0 Å². The summed E-state index contributed by atoms with van der Waals surface area (Å²) >= 11 is 3.38. The Labute approximate surface area is 112 Å².